The Bertz CT molecular complexity index is 519. The first-order chi connectivity index (χ1) is 8.97. The van der Waals surface area contributed by atoms with Gasteiger partial charge in [-0.3, -0.25) is 9.59 Å². The Labute approximate surface area is 121 Å². The SMILES string of the molecule is C[C@H]1C[C@H]1C(=O)OCC(=O)Nc1ccc(Cl)c(Cl)c1. The van der Waals surface area contributed by atoms with Crippen molar-refractivity contribution in [2.24, 2.45) is 11.8 Å². The van der Waals surface area contributed by atoms with Crippen molar-refractivity contribution in [2.75, 3.05) is 11.9 Å². The Morgan fingerprint density at radius 2 is 2.05 bits per heavy atom. The first-order valence-electron chi connectivity index (χ1n) is 5.89. The van der Waals surface area contributed by atoms with Gasteiger partial charge in [0.2, 0.25) is 0 Å². The van der Waals surface area contributed by atoms with Crippen molar-refractivity contribution in [3.8, 4) is 0 Å². The minimum absolute atomic E-state index is 0.0437. The highest BCUT2D eigenvalue weighted by Gasteiger charge is 2.40. The van der Waals surface area contributed by atoms with Crippen molar-refractivity contribution in [3.05, 3.63) is 28.2 Å². The lowest BCUT2D eigenvalue weighted by atomic mass is 10.3. The molecular weight excluding hydrogens is 289 g/mol. The van der Waals surface area contributed by atoms with E-state index in [9.17, 15) is 9.59 Å². The number of carbonyl (C=O) groups is 2. The molecule has 0 radical (unpaired) electrons. The zero-order valence-electron chi connectivity index (χ0n) is 10.3. The molecule has 1 amide bonds. The van der Waals surface area contributed by atoms with Gasteiger partial charge in [-0.05, 0) is 30.5 Å². The van der Waals surface area contributed by atoms with E-state index in [2.05, 4.69) is 5.32 Å². The smallest absolute Gasteiger partial charge is 0.309 e. The molecule has 102 valence electrons. The Kier molecular flexibility index (Phi) is 4.32. The van der Waals surface area contributed by atoms with Crippen LogP contribution in [-0.4, -0.2) is 18.5 Å². The molecule has 1 saturated carbocycles. The number of esters is 1. The summed E-state index contributed by atoms with van der Waals surface area (Å²) in [6.07, 6.45) is 0.841. The number of anilines is 1. The average molecular weight is 302 g/mol. The molecule has 1 aromatic rings. The number of hydrogen-bond acceptors (Lipinski definition) is 3. The van der Waals surface area contributed by atoms with Gasteiger partial charge in [-0.1, -0.05) is 30.1 Å². The highest BCUT2D eigenvalue weighted by atomic mass is 35.5. The Morgan fingerprint density at radius 3 is 2.63 bits per heavy atom. The van der Waals surface area contributed by atoms with Crippen LogP contribution in [0.3, 0.4) is 0 Å². The molecule has 0 spiro atoms. The van der Waals surface area contributed by atoms with Crippen LogP contribution in [0.2, 0.25) is 10.0 Å². The lowest BCUT2D eigenvalue weighted by molar-refractivity contribution is -0.148. The minimum Gasteiger partial charge on any atom is -0.455 e. The van der Waals surface area contributed by atoms with Gasteiger partial charge in [0.15, 0.2) is 6.61 Å². The van der Waals surface area contributed by atoms with Crippen LogP contribution in [0.1, 0.15) is 13.3 Å². The van der Waals surface area contributed by atoms with E-state index in [0.29, 0.717) is 21.7 Å². The molecule has 6 heteroatoms. The molecule has 0 heterocycles. The van der Waals surface area contributed by atoms with Crippen molar-refractivity contribution in [1.82, 2.24) is 0 Å². The van der Waals surface area contributed by atoms with Gasteiger partial charge < -0.3 is 10.1 Å². The highest BCUT2D eigenvalue weighted by Crippen LogP contribution is 2.38. The summed E-state index contributed by atoms with van der Waals surface area (Å²) < 4.78 is 4.91. The normalized spacial score (nSPS) is 20.8. The van der Waals surface area contributed by atoms with E-state index in [0.717, 1.165) is 6.42 Å². The van der Waals surface area contributed by atoms with Crippen LogP contribution in [-0.2, 0) is 14.3 Å². The fraction of sp³-hybridized carbons (Fsp3) is 0.385. The number of amides is 1. The summed E-state index contributed by atoms with van der Waals surface area (Å²) in [5.74, 6) is -0.389. The molecule has 1 N–H and O–H groups in total. The number of nitrogens with one attached hydrogen (secondary N) is 1. The summed E-state index contributed by atoms with van der Waals surface area (Å²) in [7, 11) is 0. The number of ether oxygens (including phenoxy) is 1. The molecule has 1 aromatic carbocycles. The number of benzene rings is 1. The van der Waals surface area contributed by atoms with Crippen LogP contribution in [0, 0.1) is 11.8 Å². The predicted molar refractivity (Wildman–Crippen MR) is 73.3 cm³/mol. The van der Waals surface area contributed by atoms with Crippen LogP contribution in [0.4, 0.5) is 5.69 Å². The molecule has 4 nitrogen and oxygen atoms in total. The maximum atomic E-state index is 11.6. The zero-order valence-corrected chi connectivity index (χ0v) is 11.8. The molecule has 1 aliphatic rings. The van der Waals surface area contributed by atoms with E-state index in [1.165, 1.54) is 6.07 Å². The van der Waals surface area contributed by atoms with Gasteiger partial charge in [-0.15, -0.1) is 0 Å². The lowest BCUT2D eigenvalue weighted by Gasteiger charge is -2.07. The topological polar surface area (TPSA) is 55.4 Å². The second kappa shape index (κ2) is 5.80. The van der Waals surface area contributed by atoms with Crippen molar-refractivity contribution >= 4 is 40.8 Å². The van der Waals surface area contributed by atoms with Gasteiger partial charge in [-0.2, -0.15) is 0 Å². The van der Waals surface area contributed by atoms with Crippen molar-refractivity contribution in [3.63, 3.8) is 0 Å². The lowest BCUT2D eigenvalue weighted by Crippen LogP contribution is -2.21. The van der Waals surface area contributed by atoms with Crippen LogP contribution in [0.5, 0.6) is 0 Å². The molecular formula is C13H13Cl2NO3. The molecule has 0 bridgehead atoms. The second-order valence-corrected chi connectivity index (χ2v) is 5.42. The third-order valence-electron chi connectivity index (χ3n) is 2.96. The summed E-state index contributed by atoms with van der Waals surface area (Å²) in [6.45, 7) is 1.68. The van der Waals surface area contributed by atoms with E-state index in [4.69, 9.17) is 27.9 Å². The molecule has 0 unspecified atom stereocenters. The Hall–Kier alpha value is -1.26. The van der Waals surface area contributed by atoms with E-state index in [1.54, 1.807) is 12.1 Å². The van der Waals surface area contributed by atoms with Gasteiger partial charge in [0.05, 0.1) is 16.0 Å². The number of carbonyl (C=O) groups excluding carboxylic acids is 2. The molecule has 0 saturated heterocycles. The summed E-state index contributed by atoms with van der Waals surface area (Å²) in [5.41, 5.74) is 0.509. The fourth-order valence-corrected chi connectivity index (χ4v) is 1.96. The molecule has 2 atom stereocenters. The van der Waals surface area contributed by atoms with Crippen molar-refractivity contribution < 1.29 is 14.3 Å². The minimum atomic E-state index is -0.403. The molecule has 19 heavy (non-hydrogen) atoms. The summed E-state index contributed by atoms with van der Waals surface area (Å²) in [4.78, 5) is 23.0. The van der Waals surface area contributed by atoms with Crippen LogP contribution in [0.15, 0.2) is 18.2 Å². The van der Waals surface area contributed by atoms with Gasteiger partial charge in [0.25, 0.3) is 5.91 Å². The zero-order chi connectivity index (χ0) is 14.0. The van der Waals surface area contributed by atoms with Crippen LogP contribution in [0.25, 0.3) is 0 Å². The van der Waals surface area contributed by atoms with E-state index in [-0.39, 0.29) is 18.5 Å². The van der Waals surface area contributed by atoms with E-state index < -0.39 is 5.91 Å². The van der Waals surface area contributed by atoms with Gasteiger partial charge >= 0.3 is 5.97 Å². The predicted octanol–water partition coefficient (Wildman–Crippen LogP) is 3.13. The average Bonchev–Trinajstić information content (AvgIpc) is 3.08. The monoisotopic (exact) mass is 301 g/mol. The van der Waals surface area contributed by atoms with Crippen LogP contribution >= 0.6 is 23.2 Å². The molecule has 0 aromatic heterocycles. The van der Waals surface area contributed by atoms with Crippen molar-refractivity contribution in [2.45, 2.75) is 13.3 Å². The maximum absolute atomic E-state index is 11.6. The van der Waals surface area contributed by atoms with Gasteiger partial charge in [0.1, 0.15) is 0 Å². The number of hydrogen-bond donors (Lipinski definition) is 1. The molecule has 1 aliphatic carbocycles. The quantitative estimate of drug-likeness (QED) is 0.869. The Morgan fingerprint density at radius 1 is 1.37 bits per heavy atom. The first kappa shape index (κ1) is 14.2. The van der Waals surface area contributed by atoms with Gasteiger partial charge in [-0.25, -0.2) is 0 Å². The Balaban J connectivity index is 1.80. The molecule has 2 rings (SSSR count). The van der Waals surface area contributed by atoms with Crippen LogP contribution < -0.4 is 5.32 Å². The van der Waals surface area contributed by atoms with Gasteiger partial charge in [0, 0.05) is 5.69 Å². The molecule has 0 aliphatic heterocycles. The number of rotatable bonds is 4. The number of halogens is 2. The third kappa shape index (κ3) is 3.85. The van der Waals surface area contributed by atoms with Crippen molar-refractivity contribution in [1.29, 1.82) is 0 Å². The maximum Gasteiger partial charge on any atom is 0.309 e. The third-order valence-corrected chi connectivity index (χ3v) is 3.70. The first-order valence-corrected chi connectivity index (χ1v) is 6.64. The standard InChI is InChI=1S/C13H13Cl2NO3/c1-7-4-9(7)13(18)19-6-12(17)16-8-2-3-10(14)11(15)5-8/h2-3,5,7,9H,4,6H2,1H3,(H,16,17)/t7-,9+/m0/s1. The second-order valence-electron chi connectivity index (χ2n) is 4.60. The van der Waals surface area contributed by atoms with E-state index >= 15 is 0 Å². The largest absolute Gasteiger partial charge is 0.455 e. The highest BCUT2D eigenvalue weighted by molar-refractivity contribution is 6.42. The fourth-order valence-electron chi connectivity index (χ4n) is 1.67. The van der Waals surface area contributed by atoms with E-state index in [1.807, 2.05) is 6.92 Å². The summed E-state index contributed by atoms with van der Waals surface area (Å²) in [5, 5.41) is 3.34. The summed E-state index contributed by atoms with van der Waals surface area (Å²) in [6, 6.07) is 4.74. The molecule has 1 fully saturated rings. The summed E-state index contributed by atoms with van der Waals surface area (Å²) >= 11 is 11.6.